The van der Waals surface area contributed by atoms with Crippen molar-refractivity contribution in [3.63, 3.8) is 0 Å². The molecule has 3 rings (SSSR count). The normalized spacial score (nSPS) is 33.5. The molecule has 0 amide bonds. The Balaban J connectivity index is 2.31. The van der Waals surface area contributed by atoms with Gasteiger partial charge in [0.2, 0.25) is 0 Å². The minimum atomic E-state index is -0.200. The van der Waals surface area contributed by atoms with Gasteiger partial charge < -0.3 is 0 Å². The van der Waals surface area contributed by atoms with Crippen molar-refractivity contribution in [2.45, 2.75) is 50.0 Å². The molecule has 2 atom stereocenters. The summed E-state index contributed by atoms with van der Waals surface area (Å²) in [5.74, 6) is 0. The Hall–Kier alpha value is -1.00. The first-order chi connectivity index (χ1) is 10.4. The van der Waals surface area contributed by atoms with E-state index in [4.69, 9.17) is 0 Å². The van der Waals surface area contributed by atoms with Crippen LogP contribution in [0.5, 0.6) is 0 Å². The molecule has 0 saturated heterocycles. The molecular weight excluding hydrogens is 312 g/mol. The van der Waals surface area contributed by atoms with Gasteiger partial charge in [0.15, 0.2) is 12.6 Å². The van der Waals surface area contributed by atoms with E-state index < -0.39 is 0 Å². The van der Waals surface area contributed by atoms with Gasteiger partial charge in [0.05, 0.1) is 9.49 Å². The molecule has 0 saturated carbocycles. The lowest BCUT2D eigenvalue weighted by Gasteiger charge is -2.47. The molecule has 1 aliphatic carbocycles. The van der Waals surface area contributed by atoms with Crippen LogP contribution in [0.1, 0.15) is 40.5 Å². The van der Waals surface area contributed by atoms with Gasteiger partial charge in [-0.1, -0.05) is 13.8 Å². The molecule has 0 aromatic rings. The van der Waals surface area contributed by atoms with Crippen molar-refractivity contribution >= 4 is 36.1 Å². The summed E-state index contributed by atoms with van der Waals surface area (Å²) < 4.78 is -0.400. The van der Waals surface area contributed by atoms with Crippen molar-refractivity contribution in [2.75, 3.05) is 0 Å². The largest absolute Gasteiger partial charge is 0.297 e. The minimum Gasteiger partial charge on any atom is -0.297 e. The maximum atomic E-state index is 11.4. The van der Waals surface area contributed by atoms with E-state index in [2.05, 4.69) is 39.8 Å². The number of rotatable bonds is 4. The minimum absolute atomic E-state index is 0.200. The standard InChI is InChI=1S/C18H20O2S2/c1-5-13-14(6-2)16-8-12(10-20)22-18(16,4)17(3)15(13)7-11(9-19)21-17/h7-10H,5-6H2,1-4H3. The zero-order valence-electron chi connectivity index (χ0n) is 13.4. The highest BCUT2D eigenvalue weighted by molar-refractivity contribution is 8.09. The Labute approximate surface area is 140 Å². The van der Waals surface area contributed by atoms with Gasteiger partial charge in [0.1, 0.15) is 0 Å². The maximum absolute atomic E-state index is 11.4. The van der Waals surface area contributed by atoms with Crippen molar-refractivity contribution in [3.8, 4) is 0 Å². The monoisotopic (exact) mass is 332 g/mol. The molecule has 0 radical (unpaired) electrons. The fourth-order valence-corrected chi connectivity index (χ4v) is 6.74. The maximum Gasteiger partial charge on any atom is 0.156 e. The molecule has 2 heterocycles. The predicted octanol–water partition coefficient (Wildman–Crippen LogP) is 4.59. The summed E-state index contributed by atoms with van der Waals surface area (Å²) >= 11 is 3.29. The number of carbonyl (C=O) groups is 2. The van der Waals surface area contributed by atoms with E-state index in [-0.39, 0.29) is 9.49 Å². The van der Waals surface area contributed by atoms with Crippen LogP contribution in [-0.4, -0.2) is 22.1 Å². The molecule has 0 bridgehead atoms. The summed E-state index contributed by atoms with van der Waals surface area (Å²) in [6, 6.07) is 0. The molecule has 116 valence electrons. The van der Waals surface area contributed by atoms with Crippen LogP contribution < -0.4 is 0 Å². The molecule has 0 N–H and O–H groups in total. The number of allylic oxidation sites excluding steroid dienone is 6. The fourth-order valence-electron chi connectivity index (χ4n) is 3.91. The van der Waals surface area contributed by atoms with Gasteiger partial charge in [-0.05, 0) is 61.1 Å². The number of hydrogen-bond acceptors (Lipinski definition) is 4. The summed E-state index contributed by atoms with van der Waals surface area (Å²) in [5.41, 5.74) is 5.26. The van der Waals surface area contributed by atoms with Crippen molar-refractivity contribution in [1.29, 1.82) is 0 Å². The van der Waals surface area contributed by atoms with E-state index in [1.54, 1.807) is 23.5 Å². The molecule has 4 heteroatoms. The van der Waals surface area contributed by atoms with Crippen LogP contribution in [0.2, 0.25) is 0 Å². The van der Waals surface area contributed by atoms with Crippen LogP contribution >= 0.6 is 23.5 Å². The Morgan fingerprint density at radius 2 is 1.23 bits per heavy atom. The van der Waals surface area contributed by atoms with E-state index in [1.165, 1.54) is 22.3 Å². The third-order valence-corrected chi connectivity index (χ3v) is 8.21. The smallest absolute Gasteiger partial charge is 0.156 e. The molecule has 2 nitrogen and oxygen atoms in total. The van der Waals surface area contributed by atoms with E-state index in [0.29, 0.717) is 0 Å². The molecule has 0 aromatic carbocycles. The van der Waals surface area contributed by atoms with Crippen molar-refractivity contribution in [1.82, 2.24) is 0 Å². The average Bonchev–Trinajstić information content (AvgIpc) is 3.04. The Bertz CT molecular complexity index is 636. The Kier molecular flexibility index (Phi) is 3.81. The van der Waals surface area contributed by atoms with E-state index >= 15 is 0 Å². The molecular formula is C18H20O2S2. The number of thioether (sulfide) groups is 2. The lowest BCUT2D eigenvalue weighted by atomic mass is 9.70. The average molecular weight is 332 g/mol. The topological polar surface area (TPSA) is 34.1 Å². The van der Waals surface area contributed by atoms with Gasteiger partial charge in [-0.3, -0.25) is 9.59 Å². The van der Waals surface area contributed by atoms with Crippen LogP contribution in [-0.2, 0) is 9.59 Å². The number of aldehydes is 2. The zero-order valence-corrected chi connectivity index (χ0v) is 15.0. The first-order valence-corrected chi connectivity index (χ1v) is 9.27. The van der Waals surface area contributed by atoms with Crippen molar-refractivity contribution in [2.24, 2.45) is 0 Å². The highest BCUT2D eigenvalue weighted by Gasteiger charge is 2.58. The molecule has 22 heavy (non-hydrogen) atoms. The molecule has 3 aliphatic rings. The van der Waals surface area contributed by atoms with Gasteiger partial charge in [0, 0.05) is 9.81 Å². The quantitative estimate of drug-likeness (QED) is 0.705. The van der Waals surface area contributed by atoms with Gasteiger partial charge in [-0.15, -0.1) is 23.5 Å². The first-order valence-electron chi connectivity index (χ1n) is 7.64. The third-order valence-electron chi connectivity index (χ3n) is 5.11. The van der Waals surface area contributed by atoms with E-state index in [1.807, 2.05) is 0 Å². The summed E-state index contributed by atoms with van der Waals surface area (Å²) in [6.45, 7) is 8.78. The molecule has 2 unspecified atom stereocenters. The van der Waals surface area contributed by atoms with Gasteiger partial charge in [-0.25, -0.2) is 0 Å². The van der Waals surface area contributed by atoms with E-state index in [0.717, 1.165) is 35.2 Å². The van der Waals surface area contributed by atoms with Crippen molar-refractivity contribution in [3.05, 3.63) is 44.3 Å². The molecule has 0 spiro atoms. The SMILES string of the molecule is CCC1=C2C=C(C=O)SC2(C)C2(C)SC(C=O)=CC2=C1CC. The van der Waals surface area contributed by atoms with Crippen LogP contribution in [0.4, 0.5) is 0 Å². The second kappa shape index (κ2) is 5.27. The highest BCUT2D eigenvalue weighted by Crippen LogP contribution is 2.66. The Morgan fingerprint density at radius 1 is 0.864 bits per heavy atom. The van der Waals surface area contributed by atoms with Crippen LogP contribution in [0.25, 0.3) is 0 Å². The predicted molar refractivity (Wildman–Crippen MR) is 94.9 cm³/mol. The lowest BCUT2D eigenvalue weighted by molar-refractivity contribution is -0.105. The van der Waals surface area contributed by atoms with Gasteiger partial charge in [0.25, 0.3) is 0 Å². The van der Waals surface area contributed by atoms with Gasteiger partial charge >= 0.3 is 0 Å². The summed E-state index contributed by atoms with van der Waals surface area (Å²) in [4.78, 5) is 24.3. The molecule has 0 aromatic heterocycles. The second-order valence-corrected chi connectivity index (χ2v) is 9.08. The Morgan fingerprint density at radius 3 is 1.50 bits per heavy atom. The number of carbonyl (C=O) groups excluding carboxylic acids is 2. The molecule has 0 fully saturated rings. The number of hydrogen-bond donors (Lipinski definition) is 0. The van der Waals surface area contributed by atoms with Crippen LogP contribution in [0.3, 0.4) is 0 Å². The van der Waals surface area contributed by atoms with Crippen LogP contribution in [0.15, 0.2) is 44.3 Å². The van der Waals surface area contributed by atoms with Crippen LogP contribution in [0, 0.1) is 0 Å². The number of fused-ring (bicyclic) bond motifs is 3. The first kappa shape index (κ1) is 15.9. The third kappa shape index (κ3) is 1.83. The van der Waals surface area contributed by atoms with E-state index in [9.17, 15) is 9.59 Å². The summed E-state index contributed by atoms with van der Waals surface area (Å²) in [7, 11) is 0. The summed E-state index contributed by atoms with van der Waals surface area (Å²) in [5, 5.41) is 0. The van der Waals surface area contributed by atoms with Gasteiger partial charge in [-0.2, -0.15) is 0 Å². The zero-order chi connectivity index (χ0) is 16.1. The lowest BCUT2D eigenvalue weighted by Crippen LogP contribution is -2.47. The second-order valence-electron chi connectivity index (χ2n) is 6.09. The van der Waals surface area contributed by atoms with Crippen molar-refractivity contribution < 1.29 is 9.59 Å². The molecule has 2 aliphatic heterocycles. The fraction of sp³-hybridized carbons (Fsp3) is 0.444. The highest BCUT2D eigenvalue weighted by atomic mass is 32.2. The summed E-state index contributed by atoms with van der Waals surface area (Å²) in [6.07, 6.45) is 7.94.